The van der Waals surface area contributed by atoms with Crippen LogP contribution in [-0.2, 0) is 6.42 Å². The van der Waals surface area contributed by atoms with Crippen LogP contribution in [0.5, 0.6) is 0 Å². The molecule has 0 aliphatic heterocycles. The van der Waals surface area contributed by atoms with Gasteiger partial charge in [0, 0.05) is 31.4 Å². The van der Waals surface area contributed by atoms with Crippen LogP contribution in [0.25, 0.3) is 0 Å². The molecule has 0 radical (unpaired) electrons. The lowest BCUT2D eigenvalue weighted by Gasteiger charge is -2.19. The molecule has 4 nitrogen and oxygen atoms in total. The van der Waals surface area contributed by atoms with Crippen LogP contribution in [-0.4, -0.2) is 29.1 Å². The summed E-state index contributed by atoms with van der Waals surface area (Å²) in [6.45, 7) is 1.81. The third-order valence-corrected chi connectivity index (χ3v) is 3.29. The van der Waals surface area contributed by atoms with Crippen molar-refractivity contribution in [1.29, 1.82) is 0 Å². The minimum atomic E-state index is 0.630. The van der Waals surface area contributed by atoms with Crippen LogP contribution in [0.1, 0.15) is 25.1 Å². The van der Waals surface area contributed by atoms with Crippen LogP contribution in [0.2, 0.25) is 0 Å². The first-order valence-electron chi connectivity index (χ1n) is 5.82. The molecule has 1 heterocycles. The van der Waals surface area contributed by atoms with E-state index in [-0.39, 0.29) is 0 Å². The molecule has 4 N–H and O–H groups in total. The molecule has 2 rings (SSSR count). The highest BCUT2D eigenvalue weighted by Gasteiger charge is 2.24. The summed E-state index contributed by atoms with van der Waals surface area (Å²) >= 11 is 0. The zero-order valence-electron chi connectivity index (χ0n) is 9.08. The van der Waals surface area contributed by atoms with Crippen molar-refractivity contribution in [3.05, 3.63) is 18.2 Å². The van der Waals surface area contributed by atoms with Crippen LogP contribution in [0, 0.1) is 5.92 Å². The van der Waals surface area contributed by atoms with Gasteiger partial charge in [-0.15, -0.1) is 0 Å². The molecule has 1 aromatic heterocycles. The summed E-state index contributed by atoms with van der Waals surface area (Å²) in [5.74, 6) is 1.74. The summed E-state index contributed by atoms with van der Waals surface area (Å²) in [5.41, 5.74) is 5.73. The van der Waals surface area contributed by atoms with Gasteiger partial charge in [-0.3, -0.25) is 0 Å². The van der Waals surface area contributed by atoms with Gasteiger partial charge in [-0.05, 0) is 25.3 Å². The van der Waals surface area contributed by atoms with Gasteiger partial charge in [-0.2, -0.15) is 0 Å². The number of aromatic nitrogens is 2. The predicted octanol–water partition coefficient (Wildman–Crippen LogP) is 0.669. The number of hydrogen-bond acceptors (Lipinski definition) is 3. The van der Waals surface area contributed by atoms with Gasteiger partial charge in [0.1, 0.15) is 5.82 Å². The van der Waals surface area contributed by atoms with E-state index in [4.69, 9.17) is 5.73 Å². The molecule has 1 fully saturated rings. The van der Waals surface area contributed by atoms with Gasteiger partial charge in [0.25, 0.3) is 0 Å². The van der Waals surface area contributed by atoms with E-state index in [0.29, 0.717) is 12.0 Å². The van der Waals surface area contributed by atoms with Gasteiger partial charge < -0.3 is 16.0 Å². The summed E-state index contributed by atoms with van der Waals surface area (Å²) in [7, 11) is 0. The van der Waals surface area contributed by atoms with E-state index >= 15 is 0 Å². The highest BCUT2D eigenvalue weighted by molar-refractivity contribution is 4.89. The van der Waals surface area contributed by atoms with Crippen molar-refractivity contribution in [2.45, 2.75) is 31.7 Å². The van der Waals surface area contributed by atoms with E-state index in [1.165, 1.54) is 19.3 Å². The fourth-order valence-corrected chi connectivity index (χ4v) is 2.40. The average molecular weight is 208 g/mol. The maximum atomic E-state index is 5.73. The molecule has 4 heteroatoms. The molecule has 0 aromatic carbocycles. The first kappa shape index (κ1) is 10.6. The normalized spacial score (nSPS) is 25.9. The Morgan fingerprint density at radius 1 is 1.53 bits per heavy atom. The Bertz CT molecular complexity index is 270. The Hall–Kier alpha value is -0.870. The monoisotopic (exact) mass is 208 g/mol. The zero-order valence-corrected chi connectivity index (χ0v) is 9.08. The summed E-state index contributed by atoms with van der Waals surface area (Å²) in [6, 6.07) is 0.630. The van der Waals surface area contributed by atoms with E-state index in [0.717, 1.165) is 25.3 Å². The maximum Gasteiger partial charge on any atom is 0.107 e. The minimum Gasteiger partial charge on any atom is -0.349 e. The van der Waals surface area contributed by atoms with Gasteiger partial charge in [0.2, 0.25) is 0 Å². The number of H-pyrrole nitrogens is 1. The van der Waals surface area contributed by atoms with Crippen molar-refractivity contribution in [1.82, 2.24) is 15.3 Å². The van der Waals surface area contributed by atoms with E-state index in [1.807, 2.05) is 6.20 Å². The van der Waals surface area contributed by atoms with Crippen LogP contribution < -0.4 is 11.1 Å². The largest absolute Gasteiger partial charge is 0.349 e. The molecule has 1 aromatic rings. The van der Waals surface area contributed by atoms with Gasteiger partial charge in [0.05, 0.1) is 0 Å². The summed E-state index contributed by atoms with van der Waals surface area (Å²) in [5, 5.41) is 3.58. The van der Waals surface area contributed by atoms with Gasteiger partial charge >= 0.3 is 0 Å². The van der Waals surface area contributed by atoms with Crippen molar-refractivity contribution in [3.63, 3.8) is 0 Å². The topological polar surface area (TPSA) is 66.7 Å². The standard InChI is InChI=1S/C11H20N4/c12-8-9-2-1-3-10(9)13-5-4-11-14-6-7-15-11/h6-7,9-10,13H,1-5,8,12H2,(H,14,15). The molecule has 2 atom stereocenters. The van der Waals surface area contributed by atoms with Crippen molar-refractivity contribution < 1.29 is 0 Å². The van der Waals surface area contributed by atoms with E-state index in [2.05, 4.69) is 15.3 Å². The quantitative estimate of drug-likeness (QED) is 0.666. The third kappa shape index (κ3) is 2.79. The molecule has 0 spiro atoms. The Labute approximate surface area is 90.7 Å². The molecule has 84 valence electrons. The summed E-state index contributed by atoms with van der Waals surface area (Å²) in [6.07, 6.45) is 8.52. The molecule has 1 saturated carbocycles. The lowest BCUT2D eigenvalue weighted by Crippen LogP contribution is -2.37. The number of nitrogens with zero attached hydrogens (tertiary/aromatic N) is 1. The Morgan fingerprint density at radius 3 is 3.20 bits per heavy atom. The Morgan fingerprint density at radius 2 is 2.47 bits per heavy atom. The first-order chi connectivity index (χ1) is 7.40. The smallest absolute Gasteiger partial charge is 0.107 e. The molecule has 15 heavy (non-hydrogen) atoms. The van der Waals surface area contributed by atoms with Gasteiger partial charge in [0.15, 0.2) is 0 Å². The van der Waals surface area contributed by atoms with E-state index in [9.17, 15) is 0 Å². The van der Waals surface area contributed by atoms with Gasteiger partial charge in [-0.1, -0.05) is 6.42 Å². The number of nitrogens with one attached hydrogen (secondary N) is 2. The van der Waals surface area contributed by atoms with Crippen LogP contribution in [0.3, 0.4) is 0 Å². The summed E-state index contributed by atoms with van der Waals surface area (Å²) in [4.78, 5) is 7.31. The average Bonchev–Trinajstić information content (AvgIpc) is 2.88. The fraction of sp³-hybridized carbons (Fsp3) is 0.727. The number of hydrogen-bond donors (Lipinski definition) is 3. The van der Waals surface area contributed by atoms with Crippen molar-refractivity contribution >= 4 is 0 Å². The maximum absolute atomic E-state index is 5.73. The Balaban J connectivity index is 1.69. The SMILES string of the molecule is NCC1CCCC1NCCc1ncc[nH]1. The molecule has 2 unspecified atom stereocenters. The number of rotatable bonds is 5. The molecular formula is C11H20N4. The second-order valence-corrected chi connectivity index (χ2v) is 4.27. The van der Waals surface area contributed by atoms with Crippen molar-refractivity contribution in [2.24, 2.45) is 11.7 Å². The van der Waals surface area contributed by atoms with E-state index < -0.39 is 0 Å². The third-order valence-electron chi connectivity index (χ3n) is 3.29. The lowest BCUT2D eigenvalue weighted by atomic mass is 10.0. The molecule has 1 aliphatic carbocycles. The summed E-state index contributed by atoms with van der Waals surface area (Å²) < 4.78 is 0. The molecule has 0 saturated heterocycles. The van der Waals surface area contributed by atoms with Crippen LogP contribution in [0.4, 0.5) is 0 Å². The predicted molar refractivity (Wildman–Crippen MR) is 60.5 cm³/mol. The highest BCUT2D eigenvalue weighted by Crippen LogP contribution is 2.24. The van der Waals surface area contributed by atoms with Gasteiger partial charge in [-0.25, -0.2) is 4.98 Å². The van der Waals surface area contributed by atoms with Crippen LogP contribution >= 0.6 is 0 Å². The second-order valence-electron chi connectivity index (χ2n) is 4.27. The number of nitrogens with two attached hydrogens (primary N) is 1. The molecule has 0 amide bonds. The van der Waals surface area contributed by atoms with Crippen molar-refractivity contribution in [2.75, 3.05) is 13.1 Å². The van der Waals surface area contributed by atoms with Crippen LogP contribution in [0.15, 0.2) is 12.4 Å². The first-order valence-corrected chi connectivity index (χ1v) is 5.82. The number of imidazole rings is 1. The highest BCUT2D eigenvalue weighted by atomic mass is 14.9. The lowest BCUT2D eigenvalue weighted by molar-refractivity contribution is 0.409. The number of aromatic amines is 1. The zero-order chi connectivity index (χ0) is 10.5. The molecule has 0 bridgehead atoms. The van der Waals surface area contributed by atoms with E-state index in [1.54, 1.807) is 6.20 Å². The minimum absolute atomic E-state index is 0.630. The Kier molecular flexibility index (Phi) is 3.75. The molecule has 1 aliphatic rings. The van der Waals surface area contributed by atoms with Crippen molar-refractivity contribution in [3.8, 4) is 0 Å². The molecular weight excluding hydrogens is 188 g/mol. The second kappa shape index (κ2) is 5.28. The fourth-order valence-electron chi connectivity index (χ4n) is 2.40.